The Morgan fingerprint density at radius 2 is 2.11 bits per heavy atom. The largest absolute Gasteiger partial charge is 0.358 e. The molecular weight excluding hydrogens is 226 g/mol. The standard InChI is InChI=1S/C14H29N3O/c1-11(2)9-13(14(18)15-3)16-10-12-7-5-6-8-17(12)4/h11-13,16H,5-10H2,1-4H3,(H,15,18). The van der Waals surface area contributed by atoms with Crippen LogP contribution in [0, 0.1) is 5.92 Å². The van der Waals surface area contributed by atoms with Crippen LogP contribution < -0.4 is 10.6 Å². The summed E-state index contributed by atoms with van der Waals surface area (Å²) in [5, 5.41) is 6.20. The average molecular weight is 255 g/mol. The van der Waals surface area contributed by atoms with Crippen molar-refractivity contribution in [1.82, 2.24) is 15.5 Å². The van der Waals surface area contributed by atoms with Gasteiger partial charge in [-0.25, -0.2) is 0 Å². The van der Waals surface area contributed by atoms with Crippen molar-refractivity contribution in [3.05, 3.63) is 0 Å². The molecule has 106 valence electrons. The smallest absolute Gasteiger partial charge is 0.236 e. The minimum atomic E-state index is -0.0506. The van der Waals surface area contributed by atoms with Crippen LogP contribution in [-0.2, 0) is 4.79 Å². The second kappa shape index (κ2) is 7.74. The summed E-state index contributed by atoms with van der Waals surface area (Å²) in [7, 11) is 3.90. The first kappa shape index (κ1) is 15.4. The zero-order valence-electron chi connectivity index (χ0n) is 12.3. The normalized spacial score (nSPS) is 23.1. The van der Waals surface area contributed by atoms with Gasteiger partial charge in [-0.2, -0.15) is 0 Å². The molecule has 2 atom stereocenters. The molecule has 0 radical (unpaired) electrons. The number of nitrogens with one attached hydrogen (secondary N) is 2. The molecule has 1 amide bonds. The molecule has 0 aromatic heterocycles. The molecule has 2 unspecified atom stereocenters. The van der Waals surface area contributed by atoms with Gasteiger partial charge in [0.15, 0.2) is 0 Å². The lowest BCUT2D eigenvalue weighted by molar-refractivity contribution is -0.123. The summed E-state index contributed by atoms with van der Waals surface area (Å²) < 4.78 is 0. The first-order chi connectivity index (χ1) is 8.54. The minimum Gasteiger partial charge on any atom is -0.358 e. The number of amides is 1. The monoisotopic (exact) mass is 255 g/mol. The highest BCUT2D eigenvalue weighted by Crippen LogP contribution is 2.14. The maximum atomic E-state index is 11.8. The molecule has 1 aliphatic heterocycles. The molecule has 0 aliphatic carbocycles. The first-order valence-electron chi connectivity index (χ1n) is 7.19. The van der Waals surface area contributed by atoms with Gasteiger partial charge in [-0.1, -0.05) is 20.3 Å². The van der Waals surface area contributed by atoms with Gasteiger partial charge in [0.1, 0.15) is 0 Å². The molecular formula is C14H29N3O. The fourth-order valence-electron chi connectivity index (χ4n) is 2.61. The van der Waals surface area contributed by atoms with Gasteiger partial charge in [0.25, 0.3) is 0 Å². The quantitative estimate of drug-likeness (QED) is 0.750. The Bertz CT molecular complexity index is 255. The van der Waals surface area contributed by atoms with Gasteiger partial charge in [0, 0.05) is 19.6 Å². The van der Waals surface area contributed by atoms with E-state index in [9.17, 15) is 4.79 Å². The Morgan fingerprint density at radius 1 is 1.39 bits per heavy atom. The Kier molecular flexibility index (Phi) is 6.65. The van der Waals surface area contributed by atoms with Crippen molar-refractivity contribution < 1.29 is 4.79 Å². The van der Waals surface area contributed by atoms with Crippen molar-refractivity contribution >= 4 is 5.91 Å². The number of hydrogen-bond donors (Lipinski definition) is 2. The predicted octanol–water partition coefficient (Wildman–Crippen LogP) is 1.22. The van der Waals surface area contributed by atoms with Crippen molar-refractivity contribution in [3.63, 3.8) is 0 Å². The second-order valence-electron chi connectivity index (χ2n) is 5.83. The van der Waals surface area contributed by atoms with Crippen molar-refractivity contribution in [1.29, 1.82) is 0 Å². The maximum absolute atomic E-state index is 11.8. The van der Waals surface area contributed by atoms with Gasteiger partial charge in [-0.3, -0.25) is 4.79 Å². The van der Waals surface area contributed by atoms with Gasteiger partial charge in [-0.15, -0.1) is 0 Å². The lowest BCUT2D eigenvalue weighted by Gasteiger charge is -2.33. The predicted molar refractivity (Wildman–Crippen MR) is 75.6 cm³/mol. The highest BCUT2D eigenvalue weighted by Gasteiger charge is 2.23. The molecule has 1 heterocycles. The molecule has 0 aromatic rings. The topological polar surface area (TPSA) is 44.4 Å². The van der Waals surface area contributed by atoms with Crippen LogP contribution in [0.2, 0.25) is 0 Å². The summed E-state index contributed by atoms with van der Waals surface area (Å²) in [6.45, 7) is 6.41. The highest BCUT2D eigenvalue weighted by atomic mass is 16.2. The van der Waals surface area contributed by atoms with Gasteiger partial charge in [0.2, 0.25) is 5.91 Å². The average Bonchev–Trinajstić information content (AvgIpc) is 2.34. The molecule has 2 N–H and O–H groups in total. The number of carbonyl (C=O) groups is 1. The van der Waals surface area contributed by atoms with E-state index in [4.69, 9.17) is 0 Å². The Hall–Kier alpha value is -0.610. The van der Waals surface area contributed by atoms with Gasteiger partial charge in [-0.05, 0) is 38.8 Å². The molecule has 0 spiro atoms. The third-order valence-corrected chi connectivity index (χ3v) is 3.79. The Balaban J connectivity index is 2.42. The number of rotatable bonds is 6. The summed E-state index contributed by atoms with van der Waals surface area (Å²) in [5.41, 5.74) is 0. The van der Waals surface area contributed by atoms with Crippen LogP contribution in [0.3, 0.4) is 0 Å². The molecule has 1 aliphatic rings. The summed E-state index contributed by atoms with van der Waals surface area (Å²) in [6, 6.07) is 0.531. The fourth-order valence-corrected chi connectivity index (χ4v) is 2.61. The molecule has 1 rings (SSSR count). The van der Waals surface area contributed by atoms with Gasteiger partial charge in [0.05, 0.1) is 6.04 Å². The molecule has 18 heavy (non-hydrogen) atoms. The van der Waals surface area contributed by atoms with Gasteiger partial charge < -0.3 is 15.5 Å². The van der Waals surface area contributed by atoms with Crippen LogP contribution in [0.5, 0.6) is 0 Å². The zero-order valence-corrected chi connectivity index (χ0v) is 12.3. The van der Waals surface area contributed by atoms with Crippen molar-refractivity contribution in [3.8, 4) is 0 Å². The van der Waals surface area contributed by atoms with E-state index >= 15 is 0 Å². The number of likely N-dealkylation sites (N-methyl/N-ethyl adjacent to an activating group) is 2. The molecule has 0 saturated carbocycles. The van der Waals surface area contributed by atoms with Crippen LogP contribution >= 0.6 is 0 Å². The van der Waals surface area contributed by atoms with E-state index in [1.807, 2.05) is 0 Å². The van der Waals surface area contributed by atoms with Crippen LogP contribution in [0.4, 0.5) is 0 Å². The van der Waals surface area contributed by atoms with E-state index in [1.165, 1.54) is 25.8 Å². The zero-order chi connectivity index (χ0) is 13.5. The van der Waals surface area contributed by atoms with E-state index in [0.29, 0.717) is 12.0 Å². The summed E-state index contributed by atoms with van der Waals surface area (Å²) in [5.74, 6) is 0.644. The Morgan fingerprint density at radius 3 is 2.67 bits per heavy atom. The first-order valence-corrected chi connectivity index (χ1v) is 7.19. The second-order valence-corrected chi connectivity index (χ2v) is 5.83. The van der Waals surface area contributed by atoms with E-state index in [0.717, 1.165) is 13.0 Å². The number of likely N-dealkylation sites (tertiary alicyclic amines) is 1. The SMILES string of the molecule is CNC(=O)C(CC(C)C)NCC1CCCCN1C. The molecule has 0 aromatic carbocycles. The lowest BCUT2D eigenvalue weighted by atomic mass is 10.0. The third kappa shape index (κ3) is 4.94. The number of hydrogen-bond acceptors (Lipinski definition) is 3. The molecule has 4 heteroatoms. The van der Waals surface area contributed by atoms with Crippen molar-refractivity contribution in [2.45, 2.75) is 51.6 Å². The molecule has 1 fully saturated rings. The Labute approximate surface area is 111 Å². The minimum absolute atomic E-state index is 0.0506. The number of carbonyl (C=O) groups excluding carboxylic acids is 1. The molecule has 0 bridgehead atoms. The van der Waals surface area contributed by atoms with Crippen LogP contribution in [0.15, 0.2) is 0 Å². The fraction of sp³-hybridized carbons (Fsp3) is 0.929. The van der Waals surface area contributed by atoms with Crippen molar-refractivity contribution in [2.24, 2.45) is 5.92 Å². The number of nitrogens with zero attached hydrogens (tertiary/aromatic N) is 1. The van der Waals surface area contributed by atoms with Crippen molar-refractivity contribution in [2.75, 3.05) is 27.2 Å². The highest BCUT2D eigenvalue weighted by molar-refractivity contribution is 5.81. The molecule has 4 nitrogen and oxygen atoms in total. The third-order valence-electron chi connectivity index (χ3n) is 3.79. The van der Waals surface area contributed by atoms with E-state index < -0.39 is 0 Å². The summed E-state index contributed by atoms with van der Waals surface area (Å²) in [6.07, 6.45) is 4.76. The van der Waals surface area contributed by atoms with Crippen LogP contribution in [-0.4, -0.2) is 50.1 Å². The van der Waals surface area contributed by atoms with E-state index in [2.05, 4.69) is 36.4 Å². The maximum Gasteiger partial charge on any atom is 0.236 e. The molecule has 1 saturated heterocycles. The van der Waals surface area contributed by atoms with Gasteiger partial charge >= 0.3 is 0 Å². The van der Waals surface area contributed by atoms with Crippen LogP contribution in [0.25, 0.3) is 0 Å². The lowest BCUT2D eigenvalue weighted by Crippen LogP contribution is -2.50. The van der Waals surface area contributed by atoms with E-state index in [1.54, 1.807) is 7.05 Å². The summed E-state index contributed by atoms with van der Waals surface area (Å²) in [4.78, 5) is 14.2. The van der Waals surface area contributed by atoms with Crippen LogP contribution in [0.1, 0.15) is 39.5 Å². The number of piperidine rings is 1. The van der Waals surface area contributed by atoms with E-state index in [-0.39, 0.29) is 11.9 Å². The summed E-state index contributed by atoms with van der Waals surface area (Å²) >= 11 is 0.